The minimum atomic E-state index is -0.333. The molecular formula is C29H35FN4O2S2. The van der Waals surface area contributed by atoms with Crippen LogP contribution in [0.3, 0.4) is 0 Å². The Balaban J connectivity index is 0.000000231. The third-order valence-electron chi connectivity index (χ3n) is 6.01. The van der Waals surface area contributed by atoms with Gasteiger partial charge in [0.15, 0.2) is 0 Å². The van der Waals surface area contributed by atoms with E-state index in [1.807, 2.05) is 47.9 Å². The molecule has 0 spiro atoms. The molecule has 1 amide bonds. The van der Waals surface area contributed by atoms with E-state index in [9.17, 15) is 9.18 Å². The van der Waals surface area contributed by atoms with Crippen molar-refractivity contribution < 1.29 is 13.6 Å². The van der Waals surface area contributed by atoms with Crippen molar-refractivity contribution in [2.75, 3.05) is 37.7 Å². The summed E-state index contributed by atoms with van der Waals surface area (Å²) in [5.74, 6) is 0.662. The molecule has 4 aromatic rings. The van der Waals surface area contributed by atoms with Crippen molar-refractivity contribution in [3.63, 3.8) is 0 Å². The number of carbonyl (C=O) groups excluding carboxylic acids is 1. The van der Waals surface area contributed by atoms with Gasteiger partial charge in [-0.05, 0) is 80.0 Å². The van der Waals surface area contributed by atoms with Gasteiger partial charge in [0.25, 0.3) is 5.91 Å². The van der Waals surface area contributed by atoms with E-state index in [-0.39, 0.29) is 11.7 Å². The number of furan rings is 1. The molecule has 0 unspecified atom stereocenters. The van der Waals surface area contributed by atoms with E-state index in [0.29, 0.717) is 22.5 Å². The van der Waals surface area contributed by atoms with Crippen LogP contribution in [-0.4, -0.2) is 44.3 Å². The highest BCUT2D eigenvalue weighted by atomic mass is 32.2. The summed E-state index contributed by atoms with van der Waals surface area (Å²) >= 11 is 5.66. The van der Waals surface area contributed by atoms with Gasteiger partial charge in [-0.1, -0.05) is 18.4 Å². The molecule has 0 bridgehead atoms. The number of anilines is 1. The zero-order valence-electron chi connectivity index (χ0n) is 22.0. The number of pyridine rings is 1. The van der Waals surface area contributed by atoms with Gasteiger partial charge in [0.2, 0.25) is 0 Å². The second-order valence-corrected chi connectivity index (χ2v) is 9.81. The van der Waals surface area contributed by atoms with E-state index in [1.54, 1.807) is 43.5 Å². The Labute approximate surface area is 233 Å². The highest BCUT2D eigenvalue weighted by Crippen LogP contribution is 2.36. The lowest BCUT2D eigenvalue weighted by Crippen LogP contribution is -2.21. The number of hydrogen-bond acceptors (Lipinski definition) is 7. The smallest absolute Gasteiger partial charge is 0.255 e. The van der Waals surface area contributed by atoms with Crippen LogP contribution in [0.4, 0.5) is 10.1 Å². The van der Waals surface area contributed by atoms with Crippen LogP contribution in [0.15, 0.2) is 71.4 Å². The molecule has 2 aromatic heterocycles. The largest absolute Gasteiger partial charge is 0.455 e. The first-order chi connectivity index (χ1) is 18.5. The summed E-state index contributed by atoms with van der Waals surface area (Å²) in [5.41, 5.74) is 3.91. The predicted molar refractivity (Wildman–Crippen MR) is 161 cm³/mol. The number of piperidine rings is 1. The van der Waals surface area contributed by atoms with E-state index >= 15 is 0 Å². The fourth-order valence-electron chi connectivity index (χ4n) is 3.83. The van der Waals surface area contributed by atoms with Gasteiger partial charge in [0.05, 0.1) is 11.3 Å². The molecule has 3 heterocycles. The number of rotatable bonds is 5. The van der Waals surface area contributed by atoms with E-state index < -0.39 is 0 Å². The van der Waals surface area contributed by atoms with Crippen LogP contribution in [0.2, 0.25) is 0 Å². The topological polar surface area (TPSA) is 70.4 Å². The normalized spacial score (nSPS) is 12.6. The molecule has 1 aliphatic rings. The molecule has 0 saturated carbocycles. The number of benzene rings is 2. The molecule has 9 heteroatoms. The molecule has 0 aliphatic carbocycles. The van der Waals surface area contributed by atoms with Gasteiger partial charge >= 0.3 is 0 Å². The fourth-order valence-corrected chi connectivity index (χ4v) is 4.37. The Kier molecular flexibility index (Phi) is 12.0. The Morgan fingerprint density at radius 1 is 1.11 bits per heavy atom. The lowest BCUT2D eigenvalue weighted by atomic mass is 10.0. The minimum Gasteiger partial charge on any atom is -0.455 e. The van der Waals surface area contributed by atoms with Gasteiger partial charge in [0.1, 0.15) is 17.2 Å². The number of carbonyl (C=O) groups is 1. The van der Waals surface area contributed by atoms with Crippen molar-refractivity contribution in [3.05, 3.63) is 83.9 Å². The van der Waals surface area contributed by atoms with E-state index in [0.717, 1.165) is 16.8 Å². The fraction of sp³-hybridized carbons (Fsp3) is 0.310. The van der Waals surface area contributed by atoms with Gasteiger partial charge in [-0.15, -0.1) is 0 Å². The number of nitrogens with zero attached hydrogens (tertiary/aromatic N) is 2. The van der Waals surface area contributed by atoms with Crippen LogP contribution in [0.1, 0.15) is 35.2 Å². The molecule has 2 aromatic carbocycles. The Morgan fingerprint density at radius 2 is 1.79 bits per heavy atom. The van der Waals surface area contributed by atoms with Crippen molar-refractivity contribution in [2.24, 2.45) is 0 Å². The second kappa shape index (κ2) is 15.4. The third-order valence-corrected chi connectivity index (χ3v) is 7.13. The summed E-state index contributed by atoms with van der Waals surface area (Å²) in [6, 6.07) is 15.5. The third kappa shape index (κ3) is 8.24. The zero-order valence-corrected chi connectivity index (χ0v) is 23.7. The van der Waals surface area contributed by atoms with Gasteiger partial charge < -0.3 is 19.4 Å². The molecule has 0 atom stereocenters. The lowest BCUT2D eigenvalue weighted by Gasteiger charge is -2.14. The Bertz CT molecular complexity index is 1270. The van der Waals surface area contributed by atoms with Crippen LogP contribution in [-0.2, 0) is 5.75 Å². The van der Waals surface area contributed by atoms with Crippen LogP contribution in [0.5, 0.6) is 0 Å². The van der Waals surface area contributed by atoms with Gasteiger partial charge in [-0.3, -0.25) is 9.78 Å². The standard InChI is InChI=1S/C18H17FN2O2S.C6H7NS.C5H11N/c1-20-18(22)16-14-9-8-13(21(2)24-3)10-15(14)23-17(16)11-4-6-12(19)7-5-11;8-5-6-1-3-7-4-2-6;1-2-4-6-5-3-1/h4-10H,1-3H3,(H,20,22);1-4,8H,5H2;6H,1-5H2. The number of nitrogens with one attached hydrogen (secondary N) is 2. The number of halogens is 1. The minimum absolute atomic E-state index is 0.237. The first-order valence-corrected chi connectivity index (χ1v) is 14.3. The van der Waals surface area contributed by atoms with Crippen molar-refractivity contribution >= 4 is 47.1 Å². The zero-order chi connectivity index (χ0) is 27.3. The predicted octanol–water partition coefficient (Wildman–Crippen LogP) is 6.58. The molecular weight excluding hydrogens is 519 g/mol. The molecule has 1 aliphatic heterocycles. The second-order valence-electron chi connectivity index (χ2n) is 8.58. The average Bonchev–Trinajstić information content (AvgIpc) is 3.37. The van der Waals surface area contributed by atoms with Crippen molar-refractivity contribution in [1.29, 1.82) is 0 Å². The van der Waals surface area contributed by atoms with Gasteiger partial charge in [-0.25, -0.2) is 4.39 Å². The van der Waals surface area contributed by atoms with Crippen molar-refractivity contribution in [2.45, 2.75) is 25.0 Å². The highest BCUT2D eigenvalue weighted by molar-refractivity contribution is 7.99. The summed E-state index contributed by atoms with van der Waals surface area (Å²) < 4.78 is 21.2. The lowest BCUT2D eigenvalue weighted by molar-refractivity contribution is 0.0964. The summed E-state index contributed by atoms with van der Waals surface area (Å²) in [6.45, 7) is 2.50. The maximum atomic E-state index is 13.2. The maximum absolute atomic E-state index is 13.2. The quantitative estimate of drug-likeness (QED) is 0.191. The van der Waals surface area contributed by atoms with Gasteiger partial charge in [0, 0.05) is 55.5 Å². The molecule has 0 radical (unpaired) electrons. The Morgan fingerprint density at radius 3 is 2.29 bits per heavy atom. The first kappa shape index (κ1) is 29.5. The summed E-state index contributed by atoms with van der Waals surface area (Å²) in [6.07, 6.45) is 9.73. The maximum Gasteiger partial charge on any atom is 0.255 e. The van der Waals surface area contributed by atoms with Crippen molar-refractivity contribution in [3.8, 4) is 11.3 Å². The van der Waals surface area contributed by atoms with Crippen LogP contribution < -0.4 is 14.9 Å². The average molecular weight is 555 g/mol. The molecule has 6 nitrogen and oxygen atoms in total. The number of hydrogen-bond donors (Lipinski definition) is 3. The molecule has 1 fully saturated rings. The highest BCUT2D eigenvalue weighted by Gasteiger charge is 2.22. The van der Waals surface area contributed by atoms with E-state index in [2.05, 4.69) is 28.2 Å². The molecule has 202 valence electrons. The molecule has 5 rings (SSSR count). The SMILES string of the molecule is C1CCNCC1.CNC(=O)c1c(-c2ccc(F)cc2)oc2cc(N(C)SC)ccc12.SCc1ccncc1. The number of thiol groups is 1. The number of aromatic nitrogens is 1. The molecule has 1 saturated heterocycles. The number of amides is 1. The van der Waals surface area contributed by atoms with Crippen molar-refractivity contribution in [1.82, 2.24) is 15.6 Å². The number of fused-ring (bicyclic) bond motifs is 1. The first-order valence-electron chi connectivity index (χ1n) is 12.5. The summed E-state index contributed by atoms with van der Waals surface area (Å²) in [5, 5.41) is 6.66. The summed E-state index contributed by atoms with van der Waals surface area (Å²) in [7, 11) is 3.53. The Hall–Kier alpha value is -3.01. The van der Waals surface area contributed by atoms with E-state index in [1.165, 1.54) is 50.0 Å². The van der Waals surface area contributed by atoms with Crippen LogP contribution >= 0.6 is 24.6 Å². The molecule has 38 heavy (non-hydrogen) atoms. The van der Waals surface area contributed by atoms with Crippen LogP contribution in [0.25, 0.3) is 22.3 Å². The van der Waals surface area contributed by atoms with Gasteiger partial charge in [-0.2, -0.15) is 12.6 Å². The monoisotopic (exact) mass is 554 g/mol. The summed E-state index contributed by atoms with van der Waals surface area (Å²) in [4.78, 5) is 16.2. The molecule has 2 N–H and O–H groups in total. The van der Waals surface area contributed by atoms with Crippen LogP contribution in [0, 0.1) is 5.82 Å². The van der Waals surface area contributed by atoms with E-state index in [4.69, 9.17) is 4.42 Å².